The van der Waals surface area contributed by atoms with Crippen LogP contribution in [0.15, 0.2) is 48.5 Å². The molecule has 0 aliphatic heterocycles. The second kappa shape index (κ2) is 17.2. The van der Waals surface area contributed by atoms with Crippen LogP contribution >= 0.6 is 12.6 Å². The number of hydrogen-bond acceptors (Lipinski definition) is 7. The number of amides is 3. The van der Waals surface area contributed by atoms with Gasteiger partial charge in [-0.05, 0) is 41.5 Å². The van der Waals surface area contributed by atoms with E-state index in [1.807, 2.05) is 36.4 Å². The Kier molecular flexibility index (Phi) is 13.3. The molecule has 43 heavy (non-hydrogen) atoms. The van der Waals surface area contributed by atoms with Gasteiger partial charge in [0.2, 0.25) is 11.8 Å². The molecule has 232 valence electrons. The molecular weight excluding hydrogens is 574 g/mol. The molecule has 0 spiro atoms. The van der Waals surface area contributed by atoms with Crippen molar-refractivity contribution in [3.8, 4) is 11.1 Å². The van der Waals surface area contributed by atoms with Crippen molar-refractivity contribution in [2.45, 2.75) is 69.4 Å². The lowest BCUT2D eigenvalue weighted by molar-refractivity contribution is -0.143. The van der Waals surface area contributed by atoms with Gasteiger partial charge in [-0.25, -0.2) is 9.59 Å². The van der Waals surface area contributed by atoms with Crippen molar-refractivity contribution in [2.24, 2.45) is 0 Å². The van der Waals surface area contributed by atoms with Crippen molar-refractivity contribution >= 4 is 42.5 Å². The Labute approximate surface area is 256 Å². The number of hydrogen-bond donors (Lipinski definition) is 6. The average Bonchev–Trinajstić information content (AvgIpc) is 3.31. The van der Waals surface area contributed by atoms with Crippen molar-refractivity contribution in [3.63, 3.8) is 0 Å². The van der Waals surface area contributed by atoms with Crippen molar-refractivity contribution in [1.82, 2.24) is 16.0 Å². The Morgan fingerprint density at radius 2 is 1.40 bits per heavy atom. The highest BCUT2D eigenvalue weighted by Crippen LogP contribution is 2.44. The van der Waals surface area contributed by atoms with Gasteiger partial charge in [0.15, 0.2) is 0 Å². The Morgan fingerprint density at radius 1 is 0.791 bits per heavy atom. The third kappa shape index (κ3) is 10.3. The molecule has 0 saturated carbocycles. The first kappa shape index (κ1) is 33.4. The number of alkyl carbamates (subject to hydrolysis) is 1. The maximum absolute atomic E-state index is 12.6. The summed E-state index contributed by atoms with van der Waals surface area (Å²) < 4.78 is 5.53. The van der Waals surface area contributed by atoms with Gasteiger partial charge in [0.05, 0.1) is 0 Å². The summed E-state index contributed by atoms with van der Waals surface area (Å²) in [4.78, 5) is 58.9. The minimum atomic E-state index is -1.26. The lowest BCUT2D eigenvalue weighted by Gasteiger charge is -2.18. The molecule has 5 N–H and O–H groups in total. The molecule has 2 unspecified atom stereocenters. The number of ether oxygens (including phenoxy) is 1. The van der Waals surface area contributed by atoms with Crippen LogP contribution in [0.3, 0.4) is 0 Å². The fourth-order valence-corrected chi connectivity index (χ4v) is 5.30. The highest BCUT2D eigenvalue weighted by molar-refractivity contribution is 7.80. The number of thiol groups is 1. The monoisotopic (exact) mass is 613 g/mol. The fourth-order valence-electron chi connectivity index (χ4n) is 5.04. The second-order valence-corrected chi connectivity index (χ2v) is 10.8. The number of carboxylic acids is 2. The summed E-state index contributed by atoms with van der Waals surface area (Å²) in [7, 11) is 0. The summed E-state index contributed by atoms with van der Waals surface area (Å²) >= 11 is 4.21. The maximum Gasteiger partial charge on any atom is 0.407 e. The molecule has 12 heteroatoms. The topological polar surface area (TPSA) is 171 Å². The van der Waals surface area contributed by atoms with Crippen LogP contribution in [0.5, 0.6) is 0 Å². The van der Waals surface area contributed by atoms with Crippen LogP contribution in [-0.2, 0) is 23.9 Å². The summed E-state index contributed by atoms with van der Waals surface area (Å²) in [6.07, 6.45) is 2.60. The highest BCUT2D eigenvalue weighted by Gasteiger charge is 2.29. The van der Waals surface area contributed by atoms with Gasteiger partial charge in [-0.15, -0.1) is 0 Å². The minimum absolute atomic E-state index is 0.0821. The molecule has 0 aromatic heterocycles. The second-order valence-electron chi connectivity index (χ2n) is 10.4. The average molecular weight is 614 g/mol. The maximum atomic E-state index is 12.6. The van der Waals surface area contributed by atoms with Crippen molar-refractivity contribution in [1.29, 1.82) is 0 Å². The molecular formula is C31H39N3O8S. The van der Waals surface area contributed by atoms with E-state index in [1.54, 1.807) is 0 Å². The lowest BCUT2D eigenvalue weighted by Crippen LogP contribution is -2.48. The molecule has 3 rings (SSSR count). The third-order valence-electron chi connectivity index (χ3n) is 7.29. The van der Waals surface area contributed by atoms with Crippen molar-refractivity contribution in [2.75, 3.05) is 18.9 Å². The van der Waals surface area contributed by atoms with E-state index in [4.69, 9.17) is 14.9 Å². The standard InChI is InChI=1S/C31H39N3O8S/c35-27(33-25(30(39)40)15-16-28(36)37)14-4-2-1-3-9-17-32-29(38)26(19-43)34-31(41)42-18-24-22-12-7-5-10-20(22)21-11-6-8-13-23(21)24/h5-8,10-13,24-26,43H,1-4,9,14-19H2,(H,32,38)(H,33,35)(H,34,41)(H,36,37)(H,39,40). The number of carbonyl (C=O) groups is 5. The zero-order chi connectivity index (χ0) is 31.2. The molecule has 0 heterocycles. The highest BCUT2D eigenvalue weighted by atomic mass is 32.1. The molecule has 1 aliphatic rings. The van der Waals surface area contributed by atoms with E-state index < -0.39 is 36.0 Å². The van der Waals surface area contributed by atoms with Crippen LogP contribution in [0.25, 0.3) is 11.1 Å². The molecule has 0 saturated heterocycles. The van der Waals surface area contributed by atoms with Crippen molar-refractivity contribution < 1.29 is 38.9 Å². The fraction of sp³-hybridized carbons (Fsp3) is 0.452. The van der Waals surface area contributed by atoms with Gasteiger partial charge in [0.25, 0.3) is 0 Å². The lowest BCUT2D eigenvalue weighted by atomic mass is 9.98. The number of nitrogens with one attached hydrogen (secondary N) is 3. The Bertz CT molecular complexity index is 1240. The molecule has 0 radical (unpaired) electrons. The number of carbonyl (C=O) groups excluding carboxylic acids is 3. The van der Waals surface area contributed by atoms with E-state index >= 15 is 0 Å². The van der Waals surface area contributed by atoms with Crippen LogP contribution in [0.2, 0.25) is 0 Å². The van der Waals surface area contributed by atoms with Crippen LogP contribution in [0.4, 0.5) is 4.79 Å². The molecule has 2 atom stereocenters. The molecule has 0 fully saturated rings. The summed E-state index contributed by atoms with van der Waals surface area (Å²) in [6.45, 7) is 0.563. The van der Waals surface area contributed by atoms with Gasteiger partial charge in [-0.1, -0.05) is 67.8 Å². The van der Waals surface area contributed by atoms with Crippen molar-refractivity contribution in [3.05, 3.63) is 59.7 Å². The van der Waals surface area contributed by atoms with Crippen LogP contribution in [0, 0.1) is 0 Å². The van der Waals surface area contributed by atoms with Crippen LogP contribution in [0.1, 0.15) is 68.4 Å². The van der Waals surface area contributed by atoms with Gasteiger partial charge >= 0.3 is 18.0 Å². The molecule has 3 amide bonds. The summed E-state index contributed by atoms with van der Waals surface area (Å²) in [5.74, 6) is -3.13. The molecule has 11 nitrogen and oxygen atoms in total. The molecule has 2 aromatic rings. The summed E-state index contributed by atoms with van der Waals surface area (Å²) in [5, 5.41) is 25.6. The van der Waals surface area contributed by atoms with E-state index in [-0.39, 0.29) is 43.4 Å². The van der Waals surface area contributed by atoms with Crippen LogP contribution < -0.4 is 16.0 Å². The number of fused-ring (bicyclic) bond motifs is 3. The Balaban J connectivity index is 1.29. The number of aliphatic carboxylic acids is 2. The molecule has 1 aliphatic carbocycles. The normalized spacial score (nSPS) is 13.2. The first-order chi connectivity index (χ1) is 20.7. The predicted octanol–water partition coefficient (Wildman–Crippen LogP) is 3.71. The number of carboxylic acid groups (broad SMARTS) is 2. The van der Waals surface area contributed by atoms with E-state index in [2.05, 4.69) is 40.7 Å². The van der Waals surface area contributed by atoms with E-state index in [0.29, 0.717) is 19.4 Å². The largest absolute Gasteiger partial charge is 0.481 e. The van der Waals surface area contributed by atoms with Gasteiger partial charge in [-0.2, -0.15) is 12.6 Å². The molecule has 0 bridgehead atoms. The Hall–Kier alpha value is -4.06. The van der Waals surface area contributed by atoms with E-state index in [0.717, 1.165) is 41.5 Å². The molecule has 2 aromatic carbocycles. The SMILES string of the molecule is O=C(O)CCC(NC(=O)CCCCCCCNC(=O)C(CS)NC(=O)OCC1c2ccccc2-c2ccccc21)C(=O)O. The quantitative estimate of drug-likeness (QED) is 0.109. The third-order valence-corrected chi connectivity index (χ3v) is 7.66. The summed E-state index contributed by atoms with van der Waals surface area (Å²) in [6, 6.07) is 14.0. The first-order valence-electron chi connectivity index (χ1n) is 14.4. The van der Waals surface area contributed by atoms with E-state index in [9.17, 15) is 24.0 Å². The number of benzene rings is 2. The number of rotatable bonds is 18. The van der Waals surface area contributed by atoms with Gasteiger partial charge in [0.1, 0.15) is 18.7 Å². The Morgan fingerprint density at radius 3 is 2.00 bits per heavy atom. The smallest absolute Gasteiger partial charge is 0.407 e. The predicted molar refractivity (Wildman–Crippen MR) is 163 cm³/mol. The van der Waals surface area contributed by atoms with Gasteiger partial charge in [0, 0.05) is 31.1 Å². The summed E-state index contributed by atoms with van der Waals surface area (Å²) in [5.41, 5.74) is 4.46. The minimum Gasteiger partial charge on any atom is -0.481 e. The number of unbranched alkanes of at least 4 members (excludes halogenated alkanes) is 4. The van der Waals surface area contributed by atoms with Crippen LogP contribution in [-0.4, -0.2) is 71.0 Å². The zero-order valence-corrected chi connectivity index (χ0v) is 24.8. The van der Waals surface area contributed by atoms with E-state index in [1.165, 1.54) is 0 Å². The zero-order valence-electron chi connectivity index (χ0n) is 23.9. The van der Waals surface area contributed by atoms with Gasteiger partial charge in [-0.3, -0.25) is 14.4 Å². The van der Waals surface area contributed by atoms with Gasteiger partial charge < -0.3 is 30.9 Å². The first-order valence-corrected chi connectivity index (χ1v) is 15.1.